The number of aromatic nitrogens is 2. The van der Waals surface area contributed by atoms with Crippen molar-refractivity contribution in [3.63, 3.8) is 0 Å². The lowest BCUT2D eigenvalue weighted by Crippen LogP contribution is -2.40. The van der Waals surface area contributed by atoms with E-state index < -0.39 is 0 Å². The number of fused-ring (bicyclic) bond motifs is 1. The molecule has 2 saturated heterocycles. The minimum absolute atomic E-state index is 0.328. The average Bonchev–Trinajstić information content (AvgIpc) is 3.01. The Morgan fingerprint density at radius 3 is 2.90 bits per heavy atom. The van der Waals surface area contributed by atoms with Gasteiger partial charge in [-0.25, -0.2) is 0 Å². The van der Waals surface area contributed by atoms with Crippen molar-refractivity contribution in [1.82, 2.24) is 19.6 Å². The third-order valence-electron chi connectivity index (χ3n) is 5.13. The smallest absolute Gasteiger partial charge is 0.0670 e. The van der Waals surface area contributed by atoms with Crippen LogP contribution >= 0.6 is 0 Å². The lowest BCUT2D eigenvalue weighted by atomic mass is 10.0. The van der Waals surface area contributed by atoms with Crippen molar-refractivity contribution in [3.05, 3.63) is 17.5 Å². The van der Waals surface area contributed by atoms with Crippen molar-refractivity contribution in [2.75, 3.05) is 32.7 Å². The van der Waals surface area contributed by atoms with Crippen molar-refractivity contribution in [1.29, 1.82) is 0 Å². The summed E-state index contributed by atoms with van der Waals surface area (Å²) in [6.45, 7) is 7.74. The Morgan fingerprint density at radius 2 is 2.14 bits per heavy atom. The van der Waals surface area contributed by atoms with Crippen LogP contribution in [0.3, 0.4) is 0 Å². The van der Waals surface area contributed by atoms with E-state index in [-0.39, 0.29) is 0 Å². The normalized spacial score (nSPS) is 25.8. The summed E-state index contributed by atoms with van der Waals surface area (Å²) in [6.07, 6.45) is 7.12. The third-order valence-corrected chi connectivity index (χ3v) is 5.13. The van der Waals surface area contributed by atoms with Gasteiger partial charge in [-0.15, -0.1) is 0 Å². The average molecular weight is 291 g/mol. The second-order valence-electron chi connectivity index (χ2n) is 6.49. The molecule has 1 aromatic rings. The Kier molecular flexibility index (Phi) is 4.62. The van der Waals surface area contributed by atoms with Gasteiger partial charge in [0.15, 0.2) is 0 Å². The molecule has 3 rings (SSSR count). The molecule has 2 atom stereocenters. The Balaban J connectivity index is 1.81. The van der Waals surface area contributed by atoms with Gasteiger partial charge in [0, 0.05) is 44.5 Å². The van der Waals surface area contributed by atoms with Crippen LogP contribution < -0.4 is 5.73 Å². The van der Waals surface area contributed by atoms with E-state index in [0.29, 0.717) is 12.6 Å². The molecule has 2 aliphatic heterocycles. The van der Waals surface area contributed by atoms with Crippen LogP contribution in [0.5, 0.6) is 0 Å². The molecule has 2 fully saturated rings. The molecule has 118 valence electrons. The first kappa shape index (κ1) is 15.0. The van der Waals surface area contributed by atoms with Crippen LogP contribution in [0.2, 0.25) is 0 Å². The second kappa shape index (κ2) is 6.46. The molecule has 0 amide bonds. The molecule has 5 nitrogen and oxygen atoms in total. The van der Waals surface area contributed by atoms with Gasteiger partial charge in [-0.1, -0.05) is 6.92 Å². The van der Waals surface area contributed by atoms with Gasteiger partial charge >= 0.3 is 0 Å². The summed E-state index contributed by atoms with van der Waals surface area (Å²) >= 11 is 0. The highest BCUT2D eigenvalue weighted by atomic mass is 15.3. The summed E-state index contributed by atoms with van der Waals surface area (Å²) < 4.78 is 1.94. The summed E-state index contributed by atoms with van der Waals surface area (Å²) in [4.78, 5) is 5.30. The molecule has 2 N–H and O–H groups in total. The molecule has 2 unspecified atom stereocenters. The molecule has 0 spiro atoms. The van der Waals surface area contributed by atoms with Crippen LogP contribution in [-0.2, 0) is 13.5 Å². The fraction of sp³-hybridized carbons (Fsp3) is 0.812. The molecular formula is C16H29N5. The predicted molar refractivity (Wildman–Crippen MR) is 85.2 cm³/mol. The first-order valence-corrected chi connectivity index (χ1v) is 8.43. The number of hydrogen-bond donors (Lipinski definition) is 1. The van der Waals surface area contributed by atoms with Gasteiger partial charge in [0.2, 0.25) is 0 Å². The van der Waals surface area contributed by atoms with Crippen LogP contribution in [0, 0.1) is 0 Å². The largest absolute Gasteiger partial charge is 0.329 e. The van der Waals surface area contributed by atoms with E-state index in [4.69, 9.17) is 5.73 Å². The zero-order valence-electron chi connectivity index (χ0n) is 13.5. The topological polar surface area (TPSA) is 50.3 Å². The molecule has 1 aromatic heterocycles. The maximum atomic E-state index is 6.16. The van der Waals surface area contributed by atoms with Crippen molar-refractivity contribution in [2.24, 2.45) is 12.8 Å². The Hall–Kier alpha value is -0.910. The first-order chi connectivity index (χ1) is 10.2. The van der Waals surface area contributed by atoms with Gasteiger partial charge in [0.05, 0.1) is 11.7 Å². The Morgan fingerprint density at radius 1 is 1.33 bits per heavy atom. The summed E-state index contributed by atoms with van der Waals surface area (Å²) in [6, 6.07) is 1.07. The first-order valence-electron chi connectivity index (χ1n) is 8.43. The van der Waals surface area contributed by atoms with Crippen LogP contribution in [0.25, 0.3) is 0 Å². The molecule has 0 radical (unpaired) electrons. The summed E-state index contributed by atoms with van der Waals surface area (Å²) in [5.41, 5.74) is 8.71. The summed E-state index contributed by atoms with van der Waals surface area (Å²) in [7, 11) is 2.01. The maximum Gasteiger partial charge on any atom is 0.0670 e. The van der Waals surface area contributed by atoms with Crippen molar-refractivity contribution >= 4 is 0 Å². The van der Waals surface area contributed by atoms with E-state index >= 15 is 0 Å². The molecular weight excluding hydrogens is 262 g/mol. The number of hydrogen-bond acceptors (Lipinski definition) is 4. The van der Waals surface area contributed by atoms with Crippen LogP contribution in [0.15, 0.2) is 6.20 Å². The molecule has 0 bridgehead atoms. The fourth-order valence-corrected chi connectivity index (χ4v) is 4.10. The highest BCUT2D eigenvalue weighted by Gasteiger charge is 2.32. The summed E-state index contributed by atoms with van der Waals surface area (Å²) in [5, 5.41) is 4.61. The lowest BCUT2D eigenvalue weighted by Gasteiger charge is -2.32. The van der Waals surface area contributed by atoms with Crippen molar-refractivity contribution < 1.29 is 0 Å². The minimum atomic E-state index is 0.328. The van der Waals surface area contributed by atoms with Crippen molar-refractivity contribution in [2.45, 2.75) is 44.7 Å². The van der Waals surface area contributed by atoms with E-state index in [0.717, 1.165) is 19.0 Å². The molecule has 21 heavy (non-hydrogen) atoms. The predicted octanol–water partition coefficient (Wildman–Crippen LogP) is 1.15. The van der Waals surface area contributed by atoms with Crippen LogP contribution in [0.4, 0.5) is 0 Å². The fourth-order valence-electron chi connectivity index (χ4n) is 4.10. The van der Waals surface area contributed by atoms with E-state index in [1.165, 1.54) is 50.2 Å². The molecule has 2 aliphatic rings. The van der Waals surface area contributed by atoms with Gasteiger partial charge in [-0.3, -0.25) is 14.5 Å². The van der Waals surface area contributed by atoms with E-state index in [9.17, 15) is 0 Å². The minimum Gasteiger partial charge on any atom is -0.329 e. The zero-order chi connectivity index (χ0) is 14.8. The van der Waals surface area contributed by atoms with Crippen LogP contribution in [-0.4, -0.2) is 58.3 Å². The third kappa shape index (κ3) is 3.00. The monoisotopic (exact) mass is 291 g/mol. The molecule has 0 aliphatic carbocycles. The number of rotatable bonds is 4. The van der Waals surface area contributed by atoms with Gasteiger partial charge in [-0.05, 0) is 38.8 Å². The SMILES string of the molecule is CCc1nn(C)cc1C(CN)N1CCCN2CCCC2C1. The van der Waals surface area contributed by atoms with Gasteiger partial charge in [0.25, 0.3) is 0 Å². The Labute approximate surface area is 128 Å². The molecule has 3 heterocycles. The lowest BCUT2D eigenvalue weighted by molar-refractivity contribution is 0.175. The van der Waals surface area contributed by atoms with E-state index in [2.05, 4.69) is 28.0 Å². The maximum absolute atomic E-state index is 6.16. The highest BCUT2D eigenvalue weighted by molar-refractivity contribution is 5.22. The standard InChI is InChI=1S/C16H29N5/c1-3-15-14(12-19(2)18-15)16(10-17)21-9-5-8-20-7-4-6-13(20)11-21/h12-13,16H,3-11,17H2,1-2H3. The molecule has 0 aromatic carbocycles. The number of aryl methyl sites for hydroxylation is 2. The number of nitrogens with two attached hydrogens (primary N) is 1. The summed E-state index contributed by atoms with van der Waals surface area (Å²) in [5.74, 6) is 0. The Bertz CT molecular complexity index is 469. The zero-order valence-corrected chi connectivity index (χ0v) is 13.5. The van der Waals surface area contributed by atoms with Gasteiger partial charge in [0.1, 0.15) is 0 Å². The van der Waals surface area contributed by atoms with Crippen molar-refractivity contribution in [3.8, 4) is 0 Å². The van der Waals surface area contributed by atoms with E-state index in [1.807, 2.05) is 11.7 Å². The second-order valence-corrected chi connectivity index (χ2v) is 6.49. The van der Waals surface area contributed by atoms with Crippen LogP contribution in [0.1, 0.15) is 43.5 Å². The highest BCUT2D eigenvalue weighted by Crippen LogP contribution is 2.28. The van der Waals surface area contributed by atoms with Gasteiger partial charge < -0.3 is 5.73 Å². The quantitative estimate of drug-likeness (QED) is 0.904. The van der Waals surface area contributed by atoms with Gasteiger partial charge in [-0.2, -0.15) is 5.10 Å². The molecule has 0 saturated carbocycles. The van der Waals surface area contributed by atoms with E-state index in [1.54, 1.807) is 0 Å². The number of nitrogens with zero attached hydrogens (tertiary/aromatic N) is 4. The molecule has 5 heteroatoms.